The van der Waals surface area contributed by atoms with Gasteiger partial charge in [-0.1, -0.05) is 13.8 Å². The Bertz CT molecular complexity index is 403. The van der Waals surface area contributed by atoms with Gasteiger partial charge in [-0.25, -0.2) is 0 Å². The third-order valence-electron chi connectivity index (χ3n) is 3.36. The maximum atomic E-state index is 10.8. The lowest BCUT2D eigenvalue weighted by molar-refractivity contribution is -0.142. The number of hydrogen-bond acceptors (Lipinski definition) is 6. The number of primary amides is 2. The lowest BCUT2D eigenvalue weighted by Gasteiger charge is -2.19. The largest absolute Gasteiger partial charge is 0.469 e. The van der Waals surface area contributed by atoms with E-state index in [0.717, 1.165) is 0 Å². The predicted octanol–water partition coefficient (Wildman–Crippen LogP) is 1.05. The van der Waals surface area contributed by atoms with Gasteiger partial charge in [0.2, 0.25) is 11.8 Å². The Morgan fingerprint density at radius 2 is 1.21 bits per heavy atom. The van der Waals surface area contributed by atoms with Crippen LogP contribution >= 0.6 is 0 Å². The first kappa shape index (κ1) is 24.1. The number of methoxy groups -OCH3 is 2. The number of amides is 2. The molecule has 0 aromatic rings. The lowest BCUT2D eigenvalue weighted by atomic mass is 9.86. The molecule has 0 bridgehead atoms. The molecule has 0 radical (unpaired) electrons. The summed E-state index contributed by atoms with van der Waals surface area (Å²) in [6.07, 6.45) is 3.61. The molecule has 0 aromatic heterocycles. The molecule has 0 aliphatic carbocycles. The van der Waals surface area contributed by atoms with Crippen molar-refractivity contribution >= 4 is 23.8 Å². The first-order valence-corrected chi connectivity index (χ1v) is 7.78. The molecule has 0 heterocycles. The quantitative estimate of drug-likeness (QED) is 0.447. The fourth-order valence-corrected chi connectivity index (χ4v) is 1.57. The Kier molecular flexibility index (Phi) is 13.4. The van der Waals surface area contributed by atoms with Crippen molar-refractivity contribution in [2.24, 2.45) is 16.9 Å². The Hall–Kier alpha value is -2.12. The molecule has 0 aromatic carbocycles. The molecule has 0 saturated carbocycles. The summed E-state index contributed by atoms with van der Waals surface area (Å²) in [5, 5.41) is 0. The summed E-state index contributed by atoms with van der Waals surface area (Å²) >= 11 is 0. The molecule has 24 heavy (non-hydrogen) atoms. The van der Waals surface area contributed by atoms with Gasteiger partial charge in [-0.15, -0.1) is 0 Å². The fraction of sp³-hybridized carbons (Fsp3) is 0.750. The van der Waals surface area contributed by atoms with E-state index in [0.29, 0.717) is 44.9 Å². The number of rotatable bonds is 10. The summed E-state index contributed by atoms with van der Waals surface area (Å²) < 4.78 is 8.86. The molecule has 0 atom stereocenters. The minimum atomic E-state index is -0.532. The van der Waals surface area contributed by atoms with Crippen LogP contribution in [0.15, 0.2) is 0 Å². The highest BCUT2D eigenvalue weighted by atomic mass is 16.5. The maximum absolute atomic E-state index is 10.8. The maximum Gasteiger partial charge on any atom is 0.305 e. The molecule has 0 spiro atoms. The van der Waals surface area contributed by atoms with Crippen molar-refractivity contribution < 1.29 is 28.7 Å². The number of unbranched alkanes of at least 4 members (excludes halogenated alkanes) is 1. The topological polar surface area (TPSA) is 139 Å². The molecule has 0 fully saturated rings. The van der Waals surface area contributed by atoms with Crippen LogP contribution in [0.2, 0.25) is 0 Å². The van der Waals surface area contributed by atoms with Gasteiger partial charge in [-0.05, 0) is 25.7 Å². The number of hydrogen-bond donors (Lipinski definition) is 2. The van der Waals surface area contributed by atoms with Crippen molar-refractivity contribution in [1.29, 1.82) is 0 Å². The second-order valence-electron chi connectivity index (χ2n) is 5.93. The van der Waals surface area contributed by atoms with E-state index >= 15 is 0 Å². The van der Waals surface area contributed by atoms with E-state index in [1.807, 2.05) is 0 Å². The summed E-state index contributed by atoms with van der Waals surface area (Å²) in [7, 11) is 2.70. The third kappa shape index (κ3) is 14.8. The van der Waals surface area contributed by atoms with Crippen molar-refractivity contribution in [2.45, 2.75) is 58.8 Å². The third-order valence-corrected chi connectivity index (χ3v) is 3.36. The summed E-state index contributed by atoms with van der Waals surface area (Å²) in [6.45, 7) is 3.52. The van der Waals surface area contributed by atoms with Crippen LogP contribution in [0.1, 0.15) is 58.8 Å². The monoisotopic (exact) mass is 346 g/mol. The van der Waals surface area contributed by atoms with Crippen LogP contribution in [0.4, 0.5) is 0 Å². The van der Waals surface area contributed by atoms with Gasteiger partial charge < -0.3 is 20.9 Å². The van der Waals surface area contributed by atoms with E-state index in [1.54, 1.807) is 13.8 Å². The van der Waals surface area contributed by atoms with Gasteiger partial charge in [0, 0.05) is 24.7 Å². The number of carbonyl (C=O) groups excluding carboxylic acids is 4. The second kappa shape index (κ2) is 13.3. The minimum absolute atomic E-state index is 0.236. The van der Waals surface area contributed by atoms with Crippen molar-refractivity contribution in [3.63, 3.8) is 0 Å². The van der Waals surface area contributed by atoms with E-state index < -0.39 is 5.41 Å². The Morgan fingerprint density at radius 3 is 1.50 bits per heavy atom. The molecule has 8 heteroatoms. The van der Waals surface area contributed by atoms with E-state index in [-0.39, 0.29) is 23.8 Å². The molecule has 4 N–H and O–H groups in total. The highest BCUT2D eigenvalue weighted by Gasteiger charge is 2.24. The zero-order chi connectivity index (χ0) is 19.2. The van der Waals surface area contributed by atoms with E-state index in [1.165, 1.54) is 14.2 Å². The fourth-order valence-electron chi connectivity index (χ4n) is 1.57. The second-order valence-corrected chi connectivity index (χ2v) is 5.93. The first-order valence-electron chi connectivity index (χ1n) is 7.78. The Balaban J connectivity index is 0. The average Bonchev–Trinajstić information content (AvgIpc) is 2.50. The van der Waals surface area contributed by atoms with Gasteiger partial charge in [-0.2, -0.15) is 0 Å². The van der Waals surface area contributed by atoms with Crippen molar-refractivity contribution in [3.8, 4) is 0 Å². The molecule has 140 valence electrons. The molecule has 0 unspecified atom stereocenters. The van der Waals surface area contributed by atoms with Gasteiger partial charge in [0.15, 0.2) is 0 Å². The smallest absolute Gasteiger partial charge is 0.305 e. The molecule has 0 aliphatic heterocycles. The van der Waals surface area contributed by atoms with Crippen molar-refractivity contribution in [1.82, 2.24) is 0 Å². The number of nitrogens with two attached hydrogens (primary N) is 2. The molecule has 2 amide bonds. The molecular weight excluding hydrogens is 316 g/mol. The molecule has 0 rings (SSSR count). The van der Waals surface area contributed by atoms with E-state index in [9.17, 15) is 19.2 Å². The zero-order valence-corrected chi connectivity index (χ0v) is 15.1. The van der Waals surface area contributed by atoms with Crippen LogP contribution in [0.5, 0.6) is 0 Å². The Morgan fingerprint density at radius 1 is 0.792 bits per heavy atom. The minimum Gasteiger partial charge on any atom is -0.469 e. The number of carbonyl (C=O) groups is 4. The average molecular weight is 346 g/mol. The van der Waals surface area contributed by atoms with Gasteiger partial charge in [-0.3, -0.25) is 19.2 Å². The number of esters is 2. The normalized spacial score (nSPS) is 10.2. The molecule has 8 nitrogen and oxygen atoms in total. The summed E-state index contributed by atoms with van der Waals surface area (Å²) in [5.41, 5.74) is 9.54. The molecule has 0 aliphatic rings. The van der Waals surface area contributed by atoms with Gasteiger partial charge >= 0.3 is 11.9 Å². The zero-order valence-electron chi connectivity index (χ0n) is 15.1. The molecular formula is C16H30N2O6. The van der Waals surface area contributed by atoms with Crippen LogP contribution in [0, 0.1) is 5.41 Å². The predicted molar refractivity (Wildman–Crippen MR) is 88.5 cm³/mol. The first-order chi connectivity index (χ1) is 11.1. The molecule has 0 saturated heterocycles. The summed E-state index contributed by atoms with van der Waals surface area (Å²) in [4.78, 5) is 42.3. The van der Waals surface area contributed by atoms with Crippen molar-refractivity contribution in [2.75, 3.05) is 14.2 Å². The van der Waals surface area contributed by atoms with Crippen LogP contribution in [-0.2, 0) is 28.7 Å². The lowest BCUT2D eigenvalue weighted by Crippen LogP contribution is -2.31. The summed E-state index contributed by atoms with van der Waals surface area (Å²) in [5.74, 6) is -1.15. The summed E-state index contributed by atoms with van der Waals surface area (Å²) in [6, 6.07) is 0. The van der Waals surface area contributed by atoms with Gasteiger partial charge in [0.05, 0.1) is 14.2 Å². The van der Waals surface area contributed by atoms with Gasteiger partial charge in [0.1, 0.15) is 0 Å². The highest BCUT2D eigenvalue weighted by Crippen LogP contribution is 2.22. The van der Waals surface area contributed by atoms with Gasteiger partial charge in [0.25, 0.3) is 0 Å². The van der Waals surface area contributed by atoms with Crippen LogP contribution in [0.25, 0.3) is 0 Å². The highest BCUT2D eigenvalue weighted by molar-refractivity contribution is 5.80. The van der Waals surface area contributed by atoms with Crippen LogP contribution < -0.4 is 11.5 Å². The van der Waals surface area contributed by atoms with Crippen LogP contribution in [-0.4, -0.2) is 38.0 Å². The van der Waals surface area contributed by atoms with Crippen molar-refractivity contribution in [3.05, 3.63) is 0 Å². The van der Waals surface area contributed by atoms with E-state index in [4.69, 9.17) is 11.5 Å². The van der Waals surface area contributed by atoms with Crippen LogP contribution in [0.3, 0.4) is 0 Å². The SMILES string of the molecule is CC(C)(CCCC(N)=O)C(N)=O.COC(=O)CCCCC(=O)OC. The Labute approximate surface area is 143 Å². The number of ether oxygens (including phenoxy) is 2. The van der Waals surface area contributed by atoms with E-state index in [2.05, 4.69) is 9.47 Å². The standard InChI is InChI=1S/C8H16N2O2.C8H14O4/c1-8(2,7(10)12)5-3-4-6(9)11;1-11-7(9)5-3-4-6-8(10)12-2/h3-5H2,1-2H3,(H2,9,11)(H2,10,12);3-6H2,1-2H3.